The van der Waals surface area contributed by atoms with E-state index in [9.17, 15) is 9.59 Å². The van der Waals surface area contributed by atoms with Crippen LogP contribution >= 0.6 is 0 Å². The van der Waals surface area contributed by atoms with E-state index in [0.717, 1.165) is 0 Å². The maximum atomic E-state index is 10.8. The van der Waals surface area contributed by atoms with Gasteiger partial charge in [-0.25, -0.2) is 4.79 Å². The molecule has 6 nitrogen and oxygen atoms in total. The quantitative estimate of drug-likeness (QED) is 0.526. The fourth-order valence-corrected chi connectivity index (χ4v) is 1.27. The Morgan fingerprint density at radius 2 is 1.93 bits per heavy atom. The first kappa shape index (κ1) is 13.9. The third-order valence-electron chi connectivity index (χ3n) is 1.75. The van der Waals surface area contributed by atoms with Gasteiger partial charge in [-0.15, -0.1) is 0 Å². The molecule has 0 saturated heterocycles. The van der Waals surface area contributed by atoms with Gasteiger partial charge in [0.1, 0.15) is 6.04 Å². The van der Waals surface area contributed by atoms with Crippen molar-refractivity contribution >= 4 is 11.9 Å². The summed E-state index contributed by atoms with van der Waals surface area (Å²) in [6, 6.07) is -0.939. The van der Waals surface area contributed by atoms with Crippen LogP contribution in [0.1, 0.15) is 13.8 Å². The lowest BCUT2D eigenvalue weighted by Gasteiger charge is -2.22. The largest absolute Gasteiger partial charge is 0.480 e. The molecular formula is C9H18N2O4. The fraction of sp³-hybridized carbons (Fsp3) is 0.778. The summed E-state index contributed by atoms with van der Waals surface area (Å²) in [5, 5.41) is 20.2. The summed E-state index contributed by atoms with van der Waals surface area (Å²) >= 11 is 0. The monoisotopic (exact) mass is 218 g/mol. The Morgan fingerprint density at radius 3 is 2.27 bits per heavy atom. The van der Waals surface area contributed by atoms with Gasteiger partial charge in [0.05, 0.1) is 6.10 Å². The summed E-state index contributed by atoms with van der Waals surface area (Å²) in [7, 11) is 1.68. The fourth-order valence-electron chi connectivity index (χ4n) is 1.27. The number of aliphatic hydroxyl groups excluding tert-OH is 1. The first-order valence-electron chi connectivity index (χ1n) is 4.69. The summed E-state index contributed by atoms with van der Waals surface area (Å²) in [5.74, 6) is -1.46. The maximum Gasteiger partial charge on any atom is 0.327 e. The molecular weight excluding hydrogens is 200 g/mol. The molecule has 0 aliphatic carbocycles. The van der Waals surface area contributed by atoms with Crippen molar-refractivity contribution in [1.82, 2.24) is 10.2 Å². The number of amides is 1. The molecule has 88 valence electrons. The molecule has 0 aliphatic rings. The minimum Gasteiger partial charge on any atom is -0.480 e. The van der Waals surface area contributed by atoms with E-state index in [4.69, 9.17) is 10.2 Å². The third kappa shape index (κ3) is 6.87. The van der Waals surface area contributed by atoms with E-state index in [1.165, 1.54) is 6.92 Å². The Morgan fingerprint density at radius 1 is 1.40 bits per heavy atom. The van der Waals surface area contributed by atoms with Crippen LogP contribution in [0.15, 0.2) is 0 Å². The zero-order valence-electron chi connectivity index (χ0n) is 9.23. The topological polar surface area (TPSA) is 89.9 Å². The zero-order valence-corrected chi connectivity index (χ0v) is 9.23. The molecule has 0 aromatic carbocycles. The standard InChI is InChI=1S/C9H18N2O4/c1-6(12)4-11(3)5-8(9(14)15)10-7(2)13/h6,8,12H,4-5H2,1-3H3,(H,10,13)(H,14,15). The molecule has 0 radical (unpaired) electrons. The van der Waals surface area contributed by atoms with Crippen molar-refractivity contribution in [3.63, 3.8) is 0 Å². The van der Waals surface area contributed by atoms with Crippen molar-refractivity contribution in [2.24, 2.45) is 0 Å². The molecule has 0 aliphatic heterocycles. The van der Waals surface area contributed by atoms with E-state index < -0.39 is 18.1 Å². The number of carboxylic acids is 1. The van der Waals surface area contributed by atoms with Crippen LogP contribution in [0.2, 0.25) is 0 Å². The Hall–Kier alpha value is -1.14. The molecule has 6 heteroatoms. The van der Waals surface area contributed by atoms with Gasteiger partial charge in [0.2, 0.25) is 5.91 Å². The highest BCUT2D eigenvalue weighted by atomic mass is 16.4. The van der Waals surface area contributed by atoms with Crippen molar-refractivity contribution < 1.29 is 19.8 Å². The molecule has 0 aromatic rings. The molecule has 15 heavy (non-hydrogen) atoms. The number of hydrogen-bond acceptors (Lipinski definition) is 4. The van der Waals surface area contributed by atoms with E-state index in [0.29, 0.717) is 6.54 Å². The number of hydrogen-bond donors (Lipinski definition) is 3. The molecule has 3 N–H and O–H groups in total. The van der Waals surface area contributed by atoms with Gasteiger partial charge in [0, 0.05) is 20.0 Å². The van der Waals surface area contributed by atoms with E-state index >= 15 is 0 Å². The molecule has 0 saturated carbocycles. The second kappa shape index (κ2) is 6.36. The van der Waals surface area contributed by atoms with Crippen LogP contribution in [0.5, 0.6) is 0 Å². The number of aliphatic hydroxyl groups is 1. The van der Waals surface area contributed by atoms with Crippen LogP contribution in [-0.2, 0) is 9.59 Å². The number of likely N-dealkylation sites (N-methyl/N-ethyl adjacent to an activating group) is 1. The molecule has 0 fully saturated rings. The van der Waals surface area contributed by atoms with Crippen LogP contribution in [0.3, 0.4) is 0 Å². The Labute approximate surface area is 88.9 Å². The molecule has 2 atom stereocenters. The van der Waals surface area contributed by atoms with Crippen LogP contribution in [0.25, 0.3) is 0 Å². The average Bonchev–Trinajstić information content (AvgIpc) is 1.99. The molecule has 1 amide bonds. The van der Waals surface area contributed by atoms with Gasteiger partial charge in [0.15, 0.2) is 0 Å². The molecule has 0 aromatic heterocycles. The Bertz CT molecular complexity index is 230. The lowest BCUT2D eigenvalue weighted by atomic mass is 10.2. The Balaban J connectivity index is 4.16. The minimum atomic E-state index is -1.08. The van der Waals surface area contributed by atoms with Gasteiger partial charge >= 0.3 is 5.97 Å². The van der Waals surface area contributed by atoms with Gasteiger partial charge in [-0.2, -0.15) is 0 Å². The molecule has 0 bridgehead atoms. The summed E-state index contributed by atoms with van der Waals surface area (Å²) in [5.41, 5.74) is 0. The number of nitrogens with one attached hydrogen (secondary N) is 1. The van der Waals surface area contributed by atoms with E-state index in [1.807, 2.05) is 0 Å². The van der Waals surface area contributed by atoms with Gasteiger partial charge in [-0.3, -0.25) is 4.79 Å². The number of aliphatic carboxylic acids is 1. The van der Waals surface area contributed by atoms with Crippen LogP contribution in [0.4, 0.5) is 0 Å². The Kier molecular flexibility index (Phi) is 5.88. The predicted molar refractivity (Wildman–Crippen MR) is 54.4 cm³/mol. The number of rotatable bonds is 6. The van der Waals surface area contributed by atoms with Crippen molar-refractivity contribution in [2.75, 3.05) is 20.1 Å². The molecule has 2 unspecified atom stereocenters. The summed E-state index contributed by atoms with van der Waals surface area (Å²) in [4.78, 5) is 23.1. The van der Waals surface area contributed by atoms with Crippen LogP contribution in [-0.4, -0.2) is 59.3 Å². The number of nitrogens with zero attached hydrogens (tertiary/aromatic N) is 1. The van der Waals surface area contributed by atoms with Gasteiger partial charge in [0.25, 0.3) is 0 Å². The number of carbonyl (C=O) groups excluding carboxylic acids is 1. The SMILES string of the molecule is CC(=O)NC(CN(C)CC(C)O)C(=O)O. The van der Waals surface area contributed by atoms with Crippen molar-refractivity contribution in [3.8, 4) is 0 Å². The van der Waals surface area contributed by atoms with Gasteiger partial charge in [-0.1, -0.05) is 0 Å². The van der Waals surface area contributed by atoms with E-state index in [2.05, 4.69) is 5.32 Å². The van der Waals surface area contributed by atoms with E-state index in [-0.39, 0.29) is 12.5 Å². The first-order chi connectivity index (χ1) is 6.82. The van der Waals surface area contributed by atoms with Crippen LogP contribution < -0.4 is 5.32 Å². The summed E-state index contributed by atoms with van der Waals surface area (Å²) < 4.78 is 0. The normalized spacial score (nSPS) is 14.7. The second-order valence-corrected chi connectivity index (χ2v) is 3.66. The highest BCUT2D eigenvalue weighted by Crippen LogP contribution is 1.93. The number of carbonyl (C=O) groups is 2. The predicted octanol–water partition coefficient (Wildman–Crippen LogP) is -1.11. The maximum absolute atomic E-state index is 10.8. The molecule has 0 rings (SSSR count). The molecule has 0 spiro atoms. The number of carboxylic acid groups (broad SMARTS) is 1. The van der Waals surface area contributed by atoms with Crippen molar-refractivity contribution in [3.05, 3.63) is 0 Å². The van der Waals surface area contributed by atoms with Crippen molar-refractivity contribution in [2.45, 2.75) is 26.0 Å². The van der Waals surface area contributed by atoms with Crippen molar-refractivity contribution in [1.29, 1.82) is 0 Å². The average molecular weight is 218 g/mol. The highest BCUT2D eigenvalue weighted by Gasteiger charge is 2.20. The van der Waals surface area contributed by atoms with Gasteiger partial charge in [-0.05, 0) is 14.0 Å². The smallest absolute Gasteiger partial charge is 0.327 e. The second-order valence-electron chi connectivity index (χ2n) is 3.66. The minimum absolute atomic E-state index is 0.166. The van der Waals surface area contributed by atoms with Gasteiger partial charge < -0.3 is 20.4 Å². The summed E-state index contributed by atoms with van der Waals surface area (Å²) in [6.07, 6.45) is -0.526. The third-order valence-corrected chi connectivity index (χ3v) is 1.75. The summed E-state index contributed by atoms with van der Waals surface area (Å²) in [6.45, 7) is 3.42. The highest BCUT2D eigenvalue weighted by molar-refractivity contribution is 5.82. The lowest BCUT2D eigenvalue weighted by molar-refractivity contribution is -0.142. The zero-order chi connectivity index (χ0) is 12.0. The molecule has 0 heterocycles. The van der Waals surface area contributed by atoms with E-state index in [1.54, 1.807) is 18.9 Å². The first-order valence-corrected chi connectivity index (χ1v) is 4.69. The lowest BCUT2D eigenvalue weighted by Crippen LogP contribution is -2.48. The van der Waals surface area contributed by atoms with Crippen LogP contribution in [0, 0.1) is 0 Å².